The van der Waals surface area contributed by atoms with Crippen LogP contribution >= 0.6 is 58.6 Å². The Balaban J connectivity index is 2.04. The predicted molar refractivity (Wildman–Crippen MR) is 116 cm³/mol. The molecule has 0 aliphatic rings. The first-order valence-electron chi connectivity index (χ1n) is 7.60. The molecule has 148 valence electrons. The maximum atomic E-state index is 12.4. The summed E-state index contributed by atoms with van der Waals surface area (Å²) >= 11 is 28.8. The van der Waals surface area contributed by atoms with Gasteiger partial charge in [-0.15, -0.1) is 0 Å². The minimum atomic E-state index is -1.92. The highest BCUT2D eigenvalue weighted by Crippen LogP contribution is 2.29. The number of hydrogen-bond acceptors (Lipinski definition) is 3. The molecule has 6 nitrogen and oxygen atoms in total. The molecule has 0 saturated heterocycles. The van der Waals surface area contributed by atoms with Crippen LogP contribution in [-0.4, -0.2) is 32.1 Å². The topological polar surface area (TPSA) is 90.5 Å². The van der Waals surface area contributed by atoms with Gasteiger partial charge in [-0.1, -0.05) is 46.4 Å². The van der Waals surface area contributed by atoms with E-state index in [2.05, 4.69) is 16.0 Å². The molecule has 2 rings (SSSR count). The monoisotopic (exact) mass is 479 g/mol. The Morgan fingerprint density at radius 2 is 1.46 bits per heavy atom. The van der Waals surface area contributed by atoms with Gasteiger partial charge in [0.1, 0.15) is 6.17 Å². The van der Waals surface area contributed by atoms with Gasteiger partial charge >= 0.3 is 5.97 Å². The van der Waals surface area contributed by atoms with Gasteiger partial charge in [0.2, 0.25) is 3.79 Å². The lowest BCUT2D eigenvalue weighted by Gasteiger charge is -2.27. The summed E-state index contributed by atoms with van der Waals surface area (Å²) in [6, 6.07) is 12.0. The largest absolute Gasteiger partial charge is 0.478 e. The normalized spacial score (nSPS) is 12.0. The molecule has 0 aliphatic heterocycles. The molecule has 11 heteroatoms. The summed E-state index contributed by atoms with van der Waals surface area (Å²) in [4.78, 5) is 23.2. The highest BCUT2D eigenvalue weighted by Gasteiger charge is 2.34. The van der Waals surface area contributed by atoms with Crippen LogP contribution in [0.2, 0.25) is 5.02 Å². The van der Waals surface area contributed by atoms with E-state index in [4.69, 9.17) is 63.7 Å². The molecular weight excluding hydrogens is 468 g/mol. The second-order valence-corrected chi connectivity index (χ2v) is 8.65. The van der Waals surface area contributed by atoms with Crippen LogP contribution in [0, 0.1) is 0 Å². The predicted octanol–water partition coefficient (Wildman–Crippen LogP) is 4.45. The summed E-state index contributed by atoms with van der Waals surface area (Å²) in [5.74, 6) is -1.55. The van der Waals surface area contributed by atoms with Crippen molar-refractivity contribution in [3.05, 3.63) is 64.7 Å². The zero-order valence-corrected chi connectivity index (χ0v) is 17.7. The van der Waals surface area contributed by atoms with Crippen molar-refractivity contribution in [1.82, 2.24) is 10.6 Å². The Labute approximate surface area is 186 Å². The van der Waals surface area contributed by atoms with Crippen molar-refractivity contribution < 1.29 is 14.7 Å². The van der Waals surface area contributed by atoms with Crippen LogP contribution in [-0.2, 0) is 0 Å². The Morgan fingerprint density at radius 1 is 0.929 bits per heavy atom. The summed E-state index contributed by atoms with van der Waals surface area (Å²) in [5.41, 5.74) is 0.946. The van der Waals surface area contributed by atoms with E-state index < -0.39 is 21.8 Å². The van der Waals surface area contributed by atoms with Crippen LogP contribution in [0.3, 0.4) is 0 Å². The molecule has 2 aromatic rings. The molecule has 0 aromatic heterocycles. The van der Waals surface area contributed by atoms with E-state index in [1.807, 2.05) is 0 Å². The van der Waals surface area contributed by atoms with E-state index in [0.29, 0.717) is 16.3 Å². The number of amides is 1. The Bertz CT molecular complexity index is 871. The molecule has 0 radical (unpaired) electrons. The first kappa shape index (κ1) is 22.5. The average Bonchev–Trinajstić information content (AvgIpc) is 2.61. The number of rotatable bonds is 5. The first-order chi connectivity index (χ1) is 13.1. The van der Waals surface area contributed by atoms with Crippen LogP contribution < -0.4 is 16.0 Å². The minimum absolute atomic E-state index is 0.0517. The van der Waals surface area contributed by atoms with E-state index in [-0.39, 0.29) is 10.7 Å². The number of alkyl halides is 3. The summed E-state index contributed by atoms with van der Waals surface area (Å²) in [7, 11) is 0. The minimum Gasteiger partial charge on any atom is -0.478 e. The quantitative estimate of drug-likeness (QED) is 0.287. The van der Waals surface area contributed by atoms with Gasteiger partial charge in [0.05, 0.1) is 5.56 Å². The number of carboxylic acid groups (broad SMARTS) is 1. The van der Waals surface area contributed by atoms with E-state index in [1.54, 1.807) is 12.1 Å². The SMILES string of the molecule is O=C(O)c1ccc(NC(=S)NC(NC(=O)c2ccc(Cl)cc2)C(Cl)(Cl)Cl)cc1. The fourth-order valence-electron chi connectivity index (χ4n) is 2.01. The third-order valence-electron chi connectivity index (χ3n) is 3.37. The van der Waals surface area contributed by atoms with Crippen LogP contribution in [0.5, 0.6) is 0 Å². The number of anilines is 1. The maximum Gasteiger partial charge on any atom is 0.335 e. The molecule has 0 aliphatic carbocycles. The molecule has 0 fully saturated rings. The highest BCUT2D eigenvalue weighted by molar-refractivity contribution is 7.80. The number of nitrogens with one attached hydrogen (secondary N) is 3. The first-order valence-corrected chi connectivity index (χ1v) is 9.52. The number of hydrogen-bond donors (Lipinski definition) is 4. The fraction of sp³-hybridized carbons (Fsp3) is 0.118. The maximum absolute atomic E-state index is 12.4. The van der Waals surface area contributed by atoms with E-state index >= 15 is 0 Å². The molecule has 0 spiro atoms. The fourth-order valence-corrected chi connectivity index (χ4v) is 2.70. The third-order valence-corrected chi connectivity index (χ3v) is 4.50. The van der Waals surface area contributed by atoms with Crippen LogP contribution in [0.25, 0.3) is 0 Å². The molecule has 2 aromatic carbocycles. The van der Waals surface area contributed by atoms with Crippen molar-refractivity contribution in [3.63, 3.8) is 0 Å². The molecule has 1 unspecified atom stereocenters. The molecule has 0 saturated carbocycles. The zero-order chi connectivity index (χ0) is 20.9. The van der Waals surface area contributed by atoms with Gasteiger partial charge in [-0.25, -0.2) is 4.79 Å². The van der Waals surface area contributed by atoms with Crippen LogP contribution in [0.4, 0.5) is 5.69 Å². The van der Waals surface area contributed by atoms with Gasteiger partial charge in [0.15, 0.2) is 5.11 Å². The second-order valence-electron chi connectivity index (χ2n) is 5.44. The summed E-state index contributed by atoms with van der Waals surface area (Å²) in [5, 5.41) is 17.5. The Morgan fingerprint density at radius 3 is 1.96 bits per heavy atom. The van der Waals surface area contributed by atoms with E-state index in [0.717, 1.165) is 0 Å². The second kappa shape index (κ2) is 9.62. The standard InChI is InChI=1S/C17H13Cl4N3O3S/c18-11-5-1-9(2-6-11)13(25)23-15(17(19,20)21)24-16(28)22-12-7-3-10(4-8-12)14(26)27/h1-8,15H,(H,23,25)(H,26,27)(H2,22,24,28). The number of carbonyl (C=O) groups excluding carboxylic acids is 1. The molecule has 0 bridgehead atoms. The number of benzene rings is 2. The van der Waals surface area contributed by atoms with E-state index in [1.165, 1.54) is 36.4 Å². The Kier molecular flexibility index (Phi) is 7.74. The van der Waals surface area contributed by atoms with Crippen molar-refractivity contribution in [2.45, 2.75) is 9.96 Å². The molecule has 28 heavy (non-hydrogen) atoms. The molecule has 1 amide bonds. The lowest BCUT2D eigenvalue weighted by molar-refractivity contribution is 0.0696. The number of carbonyl (C=O) groups is 2. The highest BCUT2D eigenvalue weighted by atomic mass is 35.6. The third kappa shape index (κ3) is 6.68. The van der Waals surface area contributed by atoms with Gasteiger partial charge in [-0.3, -0.25) is 4.79 Å². The number of aromatic carboxylic acids is 1. The van der Waals surface area contributed by atoms with Gasteiger partial charge < -0.3 is 21.1 Å². The number of carboxylic acids is 1. The van der Waals surface area contributed by atoms with Crippen molar-refractivity contribution in [2.75, 3.05) is 5.32 Å². The molecular formula is C17H13Cl4N3O3S. The van der Waals surface area contributed by atoms with Gasteiger partial charge in [-0.2, -0.15) is 0 Å². The summed E-state index contributed by atoms with van der Waals surface area (Å²) in [6.45, 7) is 0. The van der Waals surface area contributed by atoms with Gasteiger partial charge in [0, 0.05) is 16.3 Å². The zero-order valence-electron chi connectivity index (χ0n) is 13.9. The van der Waals surface area contributed by atoms with Crippen molar-refractivity contribution >= 4 is 81.3 Å². The molecule has 0 heterocycles. The Hall–Kier alpha value is -1.77. The van der Waals surface area contributed by atoms with Gasteiger partial charge in [0.25, 0.3) is 5.91 Å². The van der Waals surface area contributed by atoms with Crippen molar-refractivity contribution in [1.29, 1.82) is 0 Å². The smallest absolute Gasteiger partial charge is 0.335 e. The van der Waals surface area contributed by atoms with Crippen LogP contribution in [0.15, 0.2) is 48.5 Å². The van der Waals surface area contributed by atoms with Crippen LogP contribution in [0.1, 0.15) is 20.7 Å². The lowest BCUT2D eigenvalue weighted by Crippen LogP contribution is -2.56. The summed E-state index contributed by atoms with van der Waals surface area (Å²) in [6.07, 6.45) is -1.15. The van der Waals surface area contributed by atoms with Gasteiger partial charge in [-0.05, 0) is 60.7 Å². The summed E-state index contributed by atoms with van der Waals surface area (Å²) < 4.78 is -1.92. The molecule has 1 atom stereocenters. The van der Waals surface area contributed by atoms with Crippen molar-refractivity contribution in [3.8, 4) is 0 Å². The lowest BCUT2D eigenvalue weighted by atomic mass is 10.2. The number of thiocarbonyl (C=S) groups is 1. The van der Waals surface area contributed by atoms with E-state index in [9.17, 15) is 9.59 Å². The number of halogens is 4. The molecule has 4 N–H and O–H groups in total. The average molecular weight is 481 g/mol. The van der Waals surface area contributed by atoms with Crippen molar-refractivity contribution in [2.24, 2.45) is 0 Å².